The zero-order chi connectivity index (χ0) is 94.6. The van der Waals surface area contributed by atoms with Crippen LogP contribution in [-0.2, 0) is 27.4 Å². The van der Waals surface area contributed by atoms with Crippen molar-refractivity contribution in [2.45, 2.75) is 7.43 Å². The van der Waals surface area contributed by atoms with E-state index in [4.69, 9.17) is 10.5 Å². The molecule has 0 aliphatic rings. The molecular formula is C116H112N4O9P6. The maximum absolute atomic E-state index is 14.6. The minimum atomic E-state index is -3.06. The van der Waals surface area contributed by atoms with Crippen molar-refractivity contribution in [3.8, 4) is 17.2 Å². The lowest BCUT2D eigenvalue weighted by Crippen LogP contribution is -2.26. The molecule has 0 aliphatic heterocycles. The number of hydrogen-bond acceptors (Lipinski definition) is 13. The Morgan fingerprint density at radius 1 is 0.200 bits per heavy atom. The molecule has 0 saturated carbocycles. The van der Waals surface area contributed by atoms with Crippen molar-refractivity contribution in [3.05, 3.63) is 504 Å². The molecule has 0 atom stereocenters. The maximum Gasteiger partial charge on any atom is 0.174 e. The van der Waals surface area contributed by atoms with Gasteiger partial charge in [0.15, 0.2) is 42.9 Å². The number of aromatic hydroxyl groups is 2. The van der Waals surface area contributed by atoms with Crippen molar-refractivity contribution in [1.82, 2.24) is 0 Å². The van der Waals surface area contributed by atoms with Gasteiger partial charge in [0, 0.05) is 150 Å². The molecule has 19 heteroatoms. The second-order valence-electron chi connectivity index (χ2n) is 31.8. The Bertz CT molecular complexity index is 6510. The number of phenols is 2. The fraction of sp³-hybridized carbons (Fsp3) is 0.0690. The number of hydrogen-bond donors (Lipinski definition) is 3. The molecule has 0 fully saturated rings. The third-order valence-corrected chi connectivity index (χ3v) is 41.2. The maximum atomic E-state index is 14.6. The Morgan fingerprint density at radius 2 is 0.370 bits per heavy atom. The van der Waals surface area contributed by atoms with Gasteiger partial charge in [-0.3, -0.25) is 0 Å². The molecule has 18 rings (SSSR count). The second kappa shape index (κ2) is 47.0. The van der Waals surface area contributed by atoms with Crippen LogP contribution in [0.1, 0.15) is 7.43 Å². The summed E-state index contributed by atoms with van der Waals surface area (Å²) < 4.78 is 89.7. The van der Waals surface area contributed by atoms with Crippen LogP contribution in [0.2, 0.25) is 0 Å². The van der Waals surface area contributed by atoms with Gasteiger partial charge in [-0.2, -0.15) is 0 Å². The lowest BCUT2D eigenvalue weighted by Gasteiger charge is -2.23. The number of nitrogens with two attached hydrogens (primary N) is 1. The van der Waals surface area contributed by atoms with Gasteiger partial charge in [0.2, 0.25) is 0 Å². The molecule has 0 unspecified atom stereocenters. The van der Waals surface area contributed by atoms with Crippen molar-refractivity contribution in [2.75, 3.05) is 69.8 Å². The Hall–Kier alpha value is -14.1. The average molecular weight is 1890 g/mol. The summed E-state index contributed by atoms with van der Waals surface area (Å²) >= 11 is 0. The summed E-state index contributed by atoms with van der Waals surface area (Å²) in [5.41, 5.74) is 9.94. The van der Waals surface area contributed by atoms with E-state index < -0.39 is 42.9 Å². The van der Waals surface area contributed by atoms with E-state index in [2.05, 4.69) is 0 Å². The van der Waals surface area contributed by atoms with E-state index in [0.29, 0.717) is 22.0 Å². The monoisotopic (exact) mass is 1890 g/mol. The largest absolute Gasteiger partial charge is 0.508 e. The van der Waals surface area contributed by atoms with Gasteiger partial charge in [-0.05, 0) is 133 Å². The number of anilines is 4. The van der Waals surface area contributed by atoms with Gasteiger partial charge in [0.25, 0.3) is 0 Å². The third kappa shape index (κ3) is 23.1. The molecule has 0 aliphatic carbocycles. The summed E-state index contributed by atoms with van der Waals surface area (Å²) in [5, 5.41) is 33.7. The first kappa shape index (κ1) is 99.9. The van der Waals surface area contributed by atoms with Crippen molar-refractivity contribution in [1.29, 1.82) is 0 Å². The van der Waals surface area contributed by atoms with Crippen molar-refractivity contribution in [3.63, 3.8) is 0 Å². The topological polar surface area (TPSA) is 188 Å². The first-order chi connectivity index (χ1) is 65.0. The fourth-order valence-corrected chi connectivity index (χ4v) is 31.8. The standard InChI is InChI=1S/C24H30N3OP.C19H17O2P.C18H16NOP.2C18H15O2P.C18H15OP.CH4/c1-25(2)19-7-13-22(14-8-19)29(28,23-15-9-20(10-16-23)26(3)4)24-17-11-21(12-18-24)27(5)6;1-21-18-14-8-9-15-19(18)22(20,16-10-4-2-5-11-16)17-12-6-3-7-13-17;2*19-17-13-7-8-14-18(17)21(20,15-9-3-1-4-10-15)16-11-5-2-6-12-16;19-15-11-13-18(14-12-15)21(20,16-7-3-1-4-8-16)17-9-5-2-6-10-17;19-20(16-10-4-1-5-11-16,17-12-6-2-7-13-17)18-14-8-3-9-15-18;/h7-18H,1-6H3;2-15H,1H3;1-14H,19H2;2*1-14,19H;1-15H;1H4. The summed E-state index contributed by atoms with van der Waals surface area (Å²) in [6.07, 6.45) is 0. The van der Waals surface area contributed by atoms with Crippen molar-refractivity contribution < 1.29 is 42.3 Å². The van der Waals surface area contributed by atoms with Crippen LogP contribution >= 0.6 is 42.9 Å². The molecule has 0 heterocycles. The minimum absolute atomic E-state index is 0. The van der Waals surface area contributed by atoms with Gasteiger partial charge < -0.3 is 62.8 Å². The lowest BCUT2D eigenvalue weighted by molar-refractivity contribution is 0.418. The number of para-hydroxylation sites is 3. The number of nitrogen functional groups attached to an aromatic ring is 1. The van der Waals surface area contributed by atoms with Gasteiger partial charge in [-0.15, -0.1) is 0 Å². The number of rotatable bonds is 22. The van der Waals surface area contributed by atoms with Crippen LogP contribution in [0.5, 0.6) is 17.2 Å². The lowest BCUT2D eigenvalue weighted by atomic mass is 10.3. The van der Waals surface area contributed by atoms with Crippen LogP contribution in [0.4, 0.5) is 22.7 Å². The summed E-state index contributed by atoms with van der Waals surface area (Å²) in [6, 6.07) is 158. The number of methoxy groups -OCH3 is 1. The summed E-state index contributed by atoms with van der Waals surface area (Å²) in [6.45, 7) is 0. The molecule has 13 nitrogen and oxygen atoms in total. The molecule has 680 valence electrons. The van der Waals surface area contributed by atoms with E-state index in [9.17, 15) is 37.6 Å². The second-order valence-corrected chi connectivity index (χ2v) is 48.3. The molecule has 18 aromatic carbocycles. The first-order valence-corrected chi connectivity index (χ1v) is 53.8. The number of benzene rings is 18. The minimum Gasteiger partial charge on any atom is -0.508 e. The molecule has 0 bridgehead atoms. The van der Waals surface area contributed by atoms with E-state index >= 15 is 0 Å². The number of nitrogens with zero attached hydrogens (tertiary/aromatic N) is 3. The summed E-state index contributed by atoms with van der Waals surface area (Å²) in [7, 11) is -3.96. The average Bonchev–Trinajstić information content (AvgIpc) is 0.758. The van der Waals surface area contributed by atoms with Gasteiger partial charge in [0.1, 0.15) is 17.2 Å². The molecule has 0 radical (unpaired) electrons. The smallest absolute Gasteiger partial charge is 0.174 e. The fourth-order valence-electron chi connectivity index (χ4n) is 15.6. The highest BCUT2D eigenvalue weighted by atomic mass is 31.2. The van der Waals surface area contributed by atoms with Gasteiger partial charge in [-0.25, -0.2) is 0 Å². The van der Waals surface area contributed by atoms with Gasteiger partial charge in [-0.1, -0.05) is 377 Å². The molecule has 0 saturated heterocycles. The molecule has 0 amide bonds. The zero-order valence-corrected chi connectivity index (χ0v) is 81.1. The zero-order valence-electron chi connectivity index (χ0n) is 75.8. The Balaban J connectivity index is 0.000000146. The molecular weight excluding hydrogens is 1780 g/mol. The molecule has 18 aromatic rings. The Morgan fingerprint density at radius 3 is 0.593 bits per heavy atom. The Labute approximate surface area is 795 Å². The number of phenolic OH excluding ortho intramolecular Hbond substituents is 2. The van der Waals surface area contributed by atoms with Gasteiger partial charge in [0.05, 0.1) is 17.7 Å². The van der Waals surface area contributed by atoms with Crippen LogP contribution < -0.4 is 121 Å². The quantitative estimate of drug-likeness (QED) is 0.0430. The third-order valence-electron chi connectivity index (χ3n) is 22.6. The van der Waals surface area contributed by atoms with Crippen LogP contribution in [-0.4, -0.2) is 59.6 Å². The predicted molar refractivity (Wildman–Crippen MR) is 579 cm³/mol. The van der Waals surface area contributed by atoms with Crippen LogP contribution in [0.3, 0.4) is 0 Å². The van der Waals surface area contributed by atoms with Crippen LogP contribution in [0, 0.1) is 0 Å². The van der Waals surface area contributed by atoms with Crippen LogP contribution in [0.15, 0.2) is 504 Å². The highest BCUT2D eigenvalue weighted by Gasteiger charge is 2.37. The molecule has 4 N–H and O–H groups in total. The van der Waals surface area contributed by atoms with E-state index in [-0.39, 0.29) is 18.9 Å². The van der Waals surface area contributed by atoms with Crippen molar-refractivity contribution in [2.24, 2.45) is 0 Å². The first-order valence-electron chi connectivity index (χ1n) is 43.6. The highest BCUT2D eigenvalue weighted by molar-refractivity contribution is 7.87. The van der Waals surface area contributed by atoms with Crippen LogP contribution in [0.25, 0.3) is 0 Å². The SMILES string of the molecule is C.CN(C)c1ccc(P(=O)(c2ccc(N(C)C)cc2)c2ccc(N(C)C)cc2)cc1.COc1ccccc1P(=O)(c1ccccc1)c1ccccc1.Nc1ccccc1P(=O)(c1ccccc1)c1ccccc1.O=P(c1ccccc1)(c1ccccc1)c1ccc(O)cc1.O=P(c1ccccc1)(c1ccccc1)c1ccccc1.O=P(c1ccccc1)(c1ccccc1)c1ccccc1O. The van der Waals surface area contributed by atoms with E-state index in [1.807, 2.05) is 506 Å². The van der Waals surface area contributed by atoms with E-state index in [0.717, 1.165) is 102 Å². The van der Waals surface area contributed by atoms with Crippen molar-refractivity contribution >= 4 is 161 Å². The molecule has 135 heavy (non-hydrogen) atoms. The molecule has 0 spiro atoms. The predicted octanol–water partition coefficient (Wildman–Crippen LogP) is 19.8. The van der Waals surface area contributed by atoms with E-state index in [1.165, 1.54) is 0 Å². The van der Waals surface area contributed by atoms with E-state index in [1.54, 1.807) is 61.7 Å². The number of ether oxygens (including phenoxy) is 1. The highest BCUT2D eigenvalue weighted by Crippen LogP contribution is 2.49. The Kier molecular flexibility index (Phi) is 34.8. The van der Waals surface area contributed by atoms with Gasteiger partial charge >= 0.3 is 0 Å². The normalized spacial score (nSPS) is 11.1. The summed E-state index contributed by atoms with van der Waals surface area (Å²) in [5.74, 6) is 0.888. The molecule has 0 aromatic heterocycles. The summed E-state index contributed by atoms with van der Waals surface area (Å²) in [4.78, 5) is 6.14.